The molecular weight excluding hydrogens is 497 g/mol. The van der Waals surface area contributed by atoms with Crippen LogP contribution in [0.25, 0.3) is 22.6 Å². The van der Waals surface area contributed by atoms with Crippen molar-refractivity contribution < 1.29 is 18.3 Å². The second-order valence-corrected chi connectivity index (χ2v) is 8.25. The summed E-state index contributed by atoms with van der Waals surface area (Å²) in [6.07, 6.45) is 0. The Hall–Kier alpha value is -3.30. The second-order valence-electron chi connectivity index (χ2n) is 6.92. The van der Waals surface area contributed by atoms with E-state index < -0.39 is 5.91 Å². The van der Waals surface area contributed by atoms with Gasteiger partial charge in [-0.05, 0) is 73.2 Å². The Labute approximate surface area is 196 Å². The molecule has 32 heavy (non-hydrogen) atoms. The van der Waals surface area contributed by atoms with Gasteiger partial charge in [-0.3, -0.25) is 10.1 Å². The molecule has 0 fully saturated rings. The van der Waals surface area contributed by atoms with Gasteiger partial charge in [0.1, 0.15) is 17.1 Å². The van der Waals surface area contributed by atoms with Crippen LogP contribution in [0, 0.1) is 12.7 Å². The maximum Gasteiger partial charge on any atom is 0.261 e. The number of ether oxygens (including phenoxy) is 1. The lowest BCUT2D eigenvalue weighted by atomic mass is 10.1. The average molecular weight is 514 g/mol. The van der Waals surface area contributed by atoms with Crippen LogP contribution >= 0.6 is 28.1 Å². The summed E-state index contributed by atoms with van der Waals surface area (Å²) in [5.41, 5.74) is 3.43. The predicted molar refractivity (Wildman–Crippen MR) is 129 cm³/mol. The number of benzene rings is 3. The number of anilines is 1. The highest BCUT2D eigenvalue weighted by Crippen LogP contribution is 2.28. The molecule has 2 N–H and O–H groups in total. The molecule has 0 saturated carbocycles. The standard InChI is InChI=1S/C23H17BrFN3O3S/c1-12-8-14(24)10-17(20(12)30-2)21(29)28-23(32)26-16-6-7-19-18(11-16)27-22(31-19)13-4-3-5-15(25)9-13/h3-11H,1-2H3,(H2,26,28,29,32). The number of aromatic nitrogens is 1. The number of carbonyl (C=O) groups is 1. The Morgan fingerprint density at radius 3 is 2.75 bits per heavy atom. The van der Waals surface area contributed by atoms with Gasteiger partial charge in [0, 0.05) is 15.7 Å². The number of hydrogen-bond donors (Lipinski definition) is 2. The SMILES string of the molecule is COc1c(C)cc(Br)cc1C(=O)NC(=S)Nc1ccc2oc(-c3cccc(F)c3)nc2c1. The quantitative estimate of drug-likeness (QED) is 0.334. The Morgan fingerprint density at radius 1 is 1.19 bits per heavy atom. The third kappa shape index (κ3) is 4.63. The van der Waals surface area contributed by atoms with Crippen LogP contribution < -0.4 is 15.4 Å². The number of methoxy groups -OCH3 is 1. The van der Waals surface area contributed by atoms with Gasteiger partial charge in [0.2, 0.25) is 5.89 Å². The van der Waals surface area contributed by atoms with Crippen LogP contribution in [0.1, 0.15) is 15.9 Å². The molecule has 0 unspecified atom stereocenters. The Balaban J connectivity index is 1.51. The van der Waals surface area contributed by atoms with E-state index in [0.717, 1.165) is 10.0 Å². The minimum atomic E-state index is -0.403. The summed E-state index contributed by atoms with van der Waals surface area (Å²) in [7, 11) is 1.51. The molecular formula is C23H17BrFN3O3S. The second kappa shape index (κ2) is 9.05. The lowest BCUT2D eigenvalue weighted by Gasteiger charge is -2.13. The molecule has 9 heteroatoms. The fourth-order valence-corrected chi connectivity index (χ4v) is 4.04. The van der Waals surface area contributed by atoms with Crippen LogP contribution in [0.5, 0.6) is 5.75 Å². The van der Waals surface area contributed by atoms with Gasteiger partial charge >= 0.3 is 0 Å². The molecule has 0 radical (unpaired) electrons. The van der Waals surface area contributed by atoms with Crippen molar-refractivity contribution in [1.29, 1.82) is 0 Å². The molecule has 3 aromatic carbocycles. The van der Waals surface area contributed by atoms with Crippen molar-refractivity contribution in [2.75, 3.05) is 12.4 Å². The number of carbonyl (C=O) groups excluding carboxylic acids is 1. The highest BCUT2D eigenvalue weighted by molar-refractivity contribution is 9.10. The Kier molecular flexibility index (Phi) is 6.20. The van der Waals surface area contributed by atoms with Gasteiger partial charge in [0.05, 0.1) is 12.7 Å². The summed E-state index contributed by atoms with van der Waals surface area (Å²) in [5, 5.41) is 5.73. The maximum absolute atomic E-state index is 13.5. The summed E-state index contributed by atoms with van der Waals surface area (Å²) in [6, 6.07) is 14.7. The maximum atomic E-state index is 13.5. The topological polar surface area (TPSA) is 76.4 Å². The predicted octanol–water partition coefficient (Wildman–Crippen LogP) is 5.84. The van der Waals surface area contributed by atoms with Crippen molar-refractivity contribution in [3.05, 3.63) is 76.0 Å². The summed E-state index contributed by atoms with van der Waals surface area (Å²) < 4.78 is 25.3. The molecule has 4 aromatic rings. The molecule has 0 aliphatic carbocycles. The van der Waals surface area contributed by atoms with Gasteiger partial charge in [-0.1, -0.05) is 22.0 Å². The number of rotatable bonds is 4. The van der Waals surface area contributed by atoms with E-state index >= 15 is 0 Å². The average Bonchev–Trinajstić information content (AvgIpc) is 3.16. The molecule has 0 spiro atoms. The molecule has 0 saturated heterocycles. The third-order valence-electron chi connectivity index (χ3n) is 4.63. The zero-order valence-electron chi connectivity index (χ0n) is 17.0. The highest BCUT2D eigenvalue weighted by Gasteiger charge is 2.17. The fourth-order valence-electron chi connectivity index (χ4n) is 3.25. The van der Waals surface area contributed by atoms with E-state index in [1.807, 2.05) is 13.0 Å². The van der Waals surface area contributed by atoms with Crippen molar-refractivity contribution in [3.8, 4) is 17.2 Å². The molecule has 4 rings (SSSR count). The van der Waals surface area contributed by atoms with Gasteiger partial charge in [0.15, 0.2) is 10.7 Å². The highest BCUT2D eigenvalue weighted by atomic mass is 79.9. The first-order valence-electron chi connectivity index (χ1n) is 9.47. The number of oxazole rings is 1. The van der Waals surface area contributed by atoms with Crippen LogP contribution in [0.15, 0.2) is 63.5 Å². The first-order valence-corrected chi connectivity index (χ1v) is 10.7. The number of aryl methyl sites for hydroxylation is 1. The number of fused-ring (bicyclic) bond motifs is 1. The number of nitrogens with zero attached hydrogens (tertiary/aromatic N) is 1. The van der Waals surface area contributed by atoms with Gasteiger partial charge in [-0.2, -0.15) is 0 Å². The van der Waals surface area contributed by atoms with E-state index in [1.165, 1.54) is 19.2 Å². The fraction of sp³-hybridized carbons (Fsp3) is 0.0870. The number of hydrogen-bond acceptors (Lipinski definition) is 5. The minimum absolute atomic E-state index is 0.114. The molecule has 1 amide bonds. The number of thiocarbonyl (C=S) groups is 1. The first kappa shape index (κ1) is 21.9. The Morgan fingerprint density at radius 2 is 2.00 bits per heavy atom. The van der Waals surface area contributed by atoms with E-state index in [0.29, 0.717) is 39.6 Å². The lowest BCUT2D eigenvalue weighted by Crippen LogP contribution is -2.34. The Bertz CT molecular complexity index is 1360. The van der Waals surface area contributed by atoms with Gasteiger partial charge in [0.25, 0.3) is 5.91 Å². The van der Waals surface area contributed by atoms with Crippen molar-refractivity contribution in [1.82, 2.24) is 10.3 Å². The smallest absolute Gasteiger partial charge is 0.261 e. The van der Waals surface area contributed by atoms with E-state index in [-0.39, 0.29) is 10.9 Å². The van der Waals surface area contributed by atoms with E-state index in [1.54, 1.807) is 36.4 Å². The summed E-state index contributed by atoms with van der Waals surface area (Å²) >= 11 is 8.68. The van der Waals surface area contributed by atoms with Crippen LogP contribution in [0.2, 0.25) is 0 Å². The molecule has 1 aromatic heterocycles. The van der Waals surface area contributed by atoms with Gasteiger partial charge in [-0.25, -0.2) is 9.37 Å². The van der Waals surface area contributed by atoms with Crippen LogP contribution in [-0.2, 0) is 0 Å². The van der Waals surface area contributed by atoms with Crippen molar-refractivity contribution >= 4 is 56.0 Å². The molecule has 0 bridgehead atoms. The molecule has 162 valence electrons. The van der Waals surface area contributed by atoms with Crippen LogP contribution in [-0.4, -0.2) is 23.1 Å². The van der Waals surface area contributed by atoms with Crippen LogP contribution in [0.4, 0.5) is 10.1 Å². The number of nitrogens with one attached hydrogen (secondary N) is 2. The molecule has 0 aliphatic heterocycles. The minimum Gasteiger partial charge on any atom is -0.496 e. The molecule has 0 atom stereocenters. The van der Waals surface area contributed by atoms with Crippen molar-refractivity contribution in [3.63, 3.8) is 0 Å². The number of halogens is 2. The van der Waals surface area contributed by atoms with Crippen molar-refractivity contribution in [2.24, 2.45) is 0 Å². The summed E-state index contributed by atoms with van der Waals surface area (Å²) in [6.45, 7) is 1.85. The zero-order chi connectivity index (χ0) is 22.8. The molecule has 6 nitrogen and oxygen atoms in total. The van der Waals surface area contributed by atoms with E-state index in [2.05, 4.69) is 31.5 Å². The third-order valence-corrected chi connectivity index (χ3v) is 5.29. The van der Waals surface area contributed by atoms with E-state index in [9.17, 15) is 9.18 Å². The summed E-state index contributed by atoms with van der Waals surface area (Å²) in [5.74, 6) is 0.0113. The molecule has 1 heterocycles. The largest absolute Gasteiger partial charge is 0.496 e. The van der Waals surface area contributed by atoms with E-state index in [4.69, 9.17) is 21.4 Å². The monoisotopic (exact) mass is 513 g/mol. The lowest BCUT2D eigenvalue weighted by molar-refractivity contribution is 0.0974. The first-order chi connectivity index (χ1) is 15.3. The van der Waals surface area contributed by atoms with Crippen LogP contribution in [0.3, 0.4) is 0 Å². The molecule has 0 aliphatic rings. The van der Waals surface area contributed by atoms with Gasteiger partial charge in [-0.15, -0.1) is 0 Å². The van der Waals surface area contributed by atoms with Gasteiger partial charge < -0.3 is 14.5 Å². The van der Waals surface area contributed by atoms with Crippen molar-refractivity contribution in [2.45, 2.75) is 6.92 Å². The summed E-state index contributed by atoms with van der Waals surface area (Å²) in [4.78, 5) is 17.1. The number of amides is 1. The zero-order valence-corrected chi connectivity index (χ0v) is 19.4. The normalized spacial score (nSPS) is 10.8.